The van der Waals surface area contributed by atoms with E-state index in [1.807, 2.05) is 39.8 Å². The third-order valence-electron chi connectivity index (χ3n) is 6.65. The van der Waals surface area contributed by atoms with Crippen molar-refractivity contribution >= 4 is 29.6 Å². The van der Waals surface area contributed by atoms with Crippen molar-refractivity contribution in [2.75, 3.05) is 33.7 Å². The number of hydrogen-bond donors (Lipinski definition) is 0. The summed E-state index contributed by atoms with van der Waals surface area (Å²) in [4.78, 5) is 65.9. The molecule has 2 atom stereocenters. The molecule has 0 radical (unpaired) electrons. The molecule has 9 nitrogen and oxygen atoms in total. The number of hydrogen-bond acceptors (Lipinski definition) is 6. The number of allylic oxidation sites excluding steroid dienone is 1. The number of amides is 4. The first-order valence-corrected chi connectivity index (χ1v) is 11.9. The molecule has 1 aliphatic heterocycles. The van der Waals surface area contributed by atoms with Crippen LogP contribution in [0, 0.1) is 10.8 Å². The molecule has 0 spiro atoms. The van der Waals surface area contributed by atoms with E-state index in [-0.39, 0.29) is 42.9 Å². The number of likely N-dealkylation sites (tertiary alicyclic amines) is 1. The first-order valence-electron chi connectivity index (χ1n) is 11.9. The van der Waals surface area contributed by atoms with Crippen LogP contribution in [0.4, 0.5) is 4.79 Å². The Morgan fingerprint density at radius 1 is 1.06 bits per heavy atom. The number of nitrogens with zero attached hydrogens (tertiary/aromatic N) is 3. The molecular formula is C25H39N3O6. The summed E-state index contributed by atoms with van der Waals surface area (Å²) in [6.45, 7) is 7.95. The summed E-state index contributed by atoms with van der Waals surface area (Å²) < 4.78 is 5.66. The van der Waals surface area contributed by atoms with Crippen LogP contribution in [-0.2, 0) is 23.9 Å². The van der Waals surface area contributed by atoms with Crippen LogP contribution >= 0.6 is 0 Å². The van der Waals surface area contributed by atoms with Crippen molar-refractivity contribution in [3.63, 3.8) is 0 Å². The van der Waals surface area contributed by atoms with E-state index in [9.17, 15) is 24.0 Å². The lowest BCUT2D eigenvalue weighted by Crippen LogP contribution is -2.43. The largest absolute Gasteiger partial charge is 0.442 e. The minimum absolute atomic E-state index is 0.00139. The topological polar surface area (TPSA) is 104 Å². The molecule has 34 heavy (non-hydrogen) atoms. The lowest BCUT2D eigenvalue weighted by molar-refractivity contribution is -0.144. The maximum atomic E-state index is 13.0. The average Bonchev–Trinajstić information content (AvgIpc) is 3.07. The van der Waals surface area contributed by atoms with E-state index >= 15 is 0 Å². The lowest BCUT2D eigenvalue weighted by Gasteiger charge is -2.32. The van der Waals surface area contributed by atoms with Gasteiger partial charge < -0.3 is 14.5 Å². The minimum Gasteiger partial charge on any atom is -0.442 e. The van der Waals surface area contributed by atoms with Gasteiger partial charge in [-0.3, -0.25) is 24.1 Å². The van der Waals surface area contributed by atoms with Gasteiger partial charge in [0.1, 0.15) is 6.10 Å². The number of imide groups is 1. The van der Waals surface area contributed by atoms with Gasteiger partial charge in [0.15, 0.2) is 5.78 Å². The first-order chi connectivity index (χ1) is 15.7. The van der Waals surface area contributed by atoms with Gasteiger partial charge >= 0.3 is 6.09 Å². The van der Waals surface area contributed by atoms with Crippen LogP contribution in [-0.4, -0.2) is 84.1 Å². The third-order valence-corrected chi connectivity index (χ3v) is 6.65. The molecule has 190 valence electrons. The van der Waals surface area contributed by atoms with E-state index in [0.717, 1.165) is 4.90 Å². The summed E-state index contributed by atoms with van der Waals surface area (Å²) in [6, 6.07) is 0. The monoisotopic (exact) mass is 477 g/mol. The van der Waals surface area contributed by atoms with Crippen LogP contribution < -0.4 is 0 Å². The van der Waals surface area contributed by atoms with E-state index in [4.69, 9.17) is 4.74 Å². The van der Waals surface area contributed by atoms with E-state index in [1.165, 1.54) is 4.90 Å². The van der Waals surface area contributed by atoms with Crippen molar-refractivity contribution < 1.29 is 28.7 Å². The molecule has 4 amide bonds. The van der Waals surface area contributed by atoms with Gasteiger partial charge in [0.05, 0.1) is 6.54 Å². The molecular weight excluding hydrogens is 438 g/mol. The SMILES string of the molecule is CN(CCN(C)C(=O)C(C)(C)C)C(=O)O[C@H]1/C=C/CC[C@@](C)(C(=O)CN2C(=O)CCC2=O)CC1. The normalized spacial score (nSPS) is 24.3. The highest BCUT2D eigenvalue weighted by Crippen LogP contribution is 2.34. The molecule has 1 heterocycles. The Kier molecular flexibility index (Phi) is 9.02. The number of ether oxygens (including phenoxy) is 1. The highest BCUT2D eigenvalue weighted by molar-refractivity contribution is 6.05. The molecule has 0 bridgehead atoms. The van der Waals surface area contributed by atoms with Gasteiger partial charge in [-0.1, -0.05) is 33.8 Å². The number of carbonyl (C=O) groups excluding carboxylic acids is 5. The van der Waals surface area contributed by atoms with Crippen LogP contribution in [0.15, 0.2) is 12.2 Å². The number of rotatable bonds is 7. The number of carbonyl (C=O) groups is 5. The van der Waals surface area contributed by atoms with Crippen molar-refractivity contribution in [1.29, 1.82) is 0 Å². The highest BCUT2D eigenvalue weighted by atomic mass is 16.6. The molecule has 1 fully saturated rings. The predicted octanol–water partition coefficient (Wildman–Crippen LogP) is 2.78. The van der Waals surface area contributed by atoms with Crippen LogP contribution in [0.1, 0.15) is 66.2 Å². The molecule has 9 heteroatoms. The second kappa shape index (κ2) is 11.1. The molecule has 2 aliphatic rings. The van der Waals surface area contributed by atoms with E-state index < -0.39 is 23.0 Å². The highest BCUT2D eigenvalue weighted by Gasteiger charge is 2.38. The zero-order chi connectivity index (χ0) is 25.7. The quantitative estimate of drug-likeness (QED) is 0.413. The molecule has 0 aromatic carbocycles. The second-order valence-corrected chi connectivity index (χ2v) is 10.7. The summed E-state index contributed by atoms with van der Waals surface area (Å²) in [6.07, 6.45) is 5.29. The van der Waals surface area contributed by atoms with Crippen molar-refractivity contribution in [2.45, 2.75) is 72.3 Å². The molecule has 2 rings (SSSR count). The third kappa shape index (κ3) is 7.14. The molecule has 0 unspecified atom stereocenters. The Bertz CT molecular complexity index is 830. The van der Waals surface area contributed by atoms with Crippen LogP contribution in [0.25, 0.3) is 0 Å². The van der Waals surface area contributed by atoms with Crippen molar-refractivity contribution in [1.82, 2.24) is 14.7 Å². The maximum absolute atomic E-state index is 13.0. The first kappa shape index (κ1) is 27.5. The van der Waals surface area contributed by atoms with Gasteiger partial charge in [-0.2, -0.15) is 0 Å². The number of Topliss-reactive ketones (excluding diaryl/α,β-unsaturated/α-hetero) is 1. The summed E-state index contributed by atoms with van der Waals surface area (Å²) in [5.41, 5.74) is -1.20. The molecule has 1 saturated heterocycles. The smallest absolute Gasteiger partial charge is 0.410 e. The zero-order valence-corrected chi connectivity index (χ0v) is 21.4. The molecule has 0 N–H and O–H groups in total. The summed E-state index contributed by atoms with van der Waals surface area (Å²) in [5.74, 6) is -0.728. The number of ketones is 1. The fourth-order valence-corrected chi connectivity index (χ4v) is 4.13. The Morgan fingerprint density at radius 3 is 2.24 bits per heavy atom. The van der Waals surface area contributed by atoms with E-state index in [2.05, 4.69) is 0 Å². The fraction of sp³-hybridized carbons (Fsp3) is 0.720. The van der Waals surface area contributed by atoms with Gasteiger partial charge in [-0.15, -0.1) is 0 Å². The maximum Gasteiger partial charge on any atom is 0.410 e. The van der Waals surface area contributed by atoms with Gasteiger partial charge in [0.2, 0.25) is 17.7 Å². The van der Waals surface area contributed by atoms with E-state index in [0.29, 0.717) is 38.8 Å². The predicted molar refractivity (Wildman–Crippen MR) is 127 cm³/mol. The van der Waals surface area contributed by atoms with Crippen LogP contribution in [0.3, 0.4) is 0 Å². The van der Waals surface area contributed by atoms with Crippen LogP contribution in [0.2, 0.25) is 0 Å². The number of likely N-dealkylation sites (N-methyl/N-ethyl adjacent to an activating group) is 2. The zero-order valence-electron chi connectivity index (χ0n) is 21.4. The summed E-state index contributed by atoms with van der Waals surface area (Å²) in [7, 11) is 3.34. The average molecular weight is 478 g/mol. The molecule has 0 saturated carbocycles. The van der Waals surface area contributed by atoms with Crippen LogP contribution in [0.5, 0.6) is 0 Å². The fourth-order valence-electron chi connectivity index (χ4n) is 4.13. The lowest BCUT2D eigenvalue weighted by atomic mass is 9.75. The molecule has 0 aromatic rings. The van der Waals surface area contributed by atoms with Crippen molar-refractivity contribution in [3.05, 3.63) is 12.2 Å². The van der Waals surface area contributed by atoms with Crippen molar-refractivity contribution in [3.8, 4) is 0 Å². The second-order valence-electron chi connectivity index (χ2n) is 10.7. The summed E-state index contributed by atoms with van der Waals surface area (Å²) in [5, 5.41) is 0. The van der Waals surface area contributed by atoms with Crippen molar-refractivity contribution in [2.24, 2.45) is 10.8 Å². The van der Waals surface area contributed by atoms with Gasteiger partial charge in [0.25, 0.3) is 0 Å². The summed E-state index contributed by atoms with van der Waals surface area (Å²) >= 11 is 0. The minimum atomic E-state index is -0.708. The van der Waals surface area contributed by atoms with Gasteiger partial charge in [-0.05, 0) is 31.8 Å². The Balaban J connectivity index is 1.90. The Hall–Kier alpha value is -2.71. The Morgan fingerprint density at radius 2 is 1.65 bits per heavy atom. The Labute approximate surface area is 202 Å². The molecule has 0 aromatic heterocycles. The van der Waals surface area contributed by atoms with Gasteiger partial charge in [-0.25, -0.2) is 4.79 Å². The van der Waals surface area contributed by atoms with Gasteiger partial charge in [0, 0.05) is 50.9 Å². The standard InChI is InChI=1S/C25H39N3O6/c1-24(2,3)22(32)26(5)15-16-27(6)23(33)34-18-9-7-8-13-25(4,14-12-18)19(29)17-28-20(30)10-11-21(28)31/h7,9,18H,8,10-17H2,1-6H3/b9-7+/t18-,25+/m0/s1. The molecule has 1 aliphatic carbocycles. The van der Waals surface area contributed by atoms with E-state index in [1.54, 1.807) is 19.0 Å².